The Kier molecular flexibility index (Phi) is 9.01. The number of thioether (sulfide) groups is 1. The molecule has 1 aromatic heterocycles. The van der Waals surface area contributed by atoms with Gasteiger partial charge in [-0.05, 0) is 66.1 Å². The van der Waals surface area contributed by atoms with Gasteiger partial charge in [-0.25, -0.2) is 14.5 Å². The topological polar surface area (TPSA) is 129 Å². The fourth-order valence-corrected chi connectivity index (χ4v) is 5.47. The van der Waals surface area contributed by atoms with Crippen molar-refractivity contribution in [2.24, 2.45) is 4.99 Å². The number of carbonyl (C=O) groups excluding carboxylic acids is 2. The first-order valence-corrected chi connectivity index (χ1v) is 14.8. The summed E-state index contributed by atoms with van der Waals surface area (Å²) in [5.74, 6) is -0.103. The van der Waals surface area contributed by atoms with Crippen molar-refractivity contribution in [2.75, 3.05) is 35.0 Å². The summed E-state index contributed by atoms with van der Waals surface area (Å²) >= 11 is 1.15. The van der Waals surface area contributed by atoms with Gasteiger partial charge in [0.1, 0.15) is 18.1 Å². The zero-order chi connectivity index (χ0) is 33.2. The number of hydrogen-bond donors (Lipinski definition) is 1. The first-order chi connectivity index (χ1) is 21.8. The molecule has 1 N–H and O–H groups in total. The average molecular weight is 649 g/mol. The molecule has 1 saturated heterocycles. The molecule has 1 aliphatic heterocycles. The average Bonchev–Trinajstić information content (AvgIpc) is 3.63. The number of nitrogens with one attached hydrogen (secondary N) is 1. The third kappa shape index (κ3) is 7.13. The Labute approximate surface area is 266 Å². The van der Waals surface area contributed by atoms with Gasteiger partial charge in [-0.15, -0.1) is 18.3 Å². The number of alkyl halides is 3. The van der Waals surface area contributed by atoms with Crippen molar-refractivity contribution >= 4 is 45.9 Å². The van der Waals surface area contributed by atoms with Crippen LogP contribution in [0.25, 0.3) is 17.1 Å². The zero-order valence-electron chi connectivity index (χ0n) is 25.0. The van der Waals surface area contributed by atoms with E-state index in [0.717, 1.165) is 35.1 Å². The molecule has 5 rings (SSSR count). The zero-order valence-corrected chi connectivity index (χ0v) is 25.8. The van der Waals surface area contributed by atoms with Crippen molar-refractivity contribution in [1.82, 2.24) is 14.8 Å². The molecule has 46 heavy (non-hydrogen) atoms. The van der Waals surface area contributed by atoms with Gasteiger partial charge in [0.15, 0.2) is 11.0 Å². The van der Waals surface area contributed by atoms with Gasteiger partial charge in [0, 0.05) is 25.3 Å². The number of benzene rings is 3. The lowest BCUT2D eigenvalue weighted by atomic mass is 9.99. The molecule has 0 saturated carbocycles. The van der Waals surface area contributed by atoms with Crippen LogP contribution in [0.1, 0.15) is 30.9 Å². The number of anilines is 3. The largest absolute Gasteiger partial charge is 0.573 e. The van der Waals surface area contributed by atoms with Crippen molar-refractivity contribution in [3.8, 4) is 28.9 Å². The molecule has 1 fully saturated rings. The molecule has 2 heterocycles. The van der Waals surface area contributed by atoms with Crippen LogP contribution in [0.15, 0.2) is 72.0 Å². The Balaban J connectivity index is 1.35. The molecular formula is C31H27F3N8O3S. The van der Waals surface area contributed by atoms with Crippen LogP contribution in [-0.4, -0.2) is 58.1 Å². The maximum absolute atomic E-state index is 13.1. The highest BCUT2D eigenvalue weighted by atomic mass is 32.2. The van der Waals surface area contributed by atoms with Gasteiger partial charge in [0.2, 0.25) is 5.91 Å². The van der Waals surface area contributed by atoms with Crippen molar-refractivity contribution < 1.29 is 27.5 Å². The Morgan fingerprint density at radius 1 is 1.13 bits per heavy atom. The lowest BCUT2D eigenvalue weighted by Crippen LogP contribution is -2.31. The molecular weight excluding hydrogens is 621 g/mol. The molecule has 0 radical (unpaired) electrons. The third-order valence-electron chi connectivity index (χ3n) is 6.82. The number of carbonyl (C=O) groups is 2. The van der Waals surface area contributed by atoms with Crippen LogP contribution < -0.4 is 19.9 Å². The van der Waals surface area contributed by atoms with E-state index in [-0.39, 0.29) is 45.6 Å². The molecule has 3 amide bonds. The summed E-state index contributed by atoms with van der Waals surface area (Å²) < 4.78 is 42.6. The summed E-state index contributed by atoms with van der Waals surface area (Å²) in [6.45, 7) is 4.04. The number of rotatable bonds is 7. The molecule has 0 unspecified atom stereocenters. The Hall–Kier alpha value is -5.36. The van der Waals surface area contributed by atoms with Gasteiger partial charge >= 0.3 is 12.4 Å². The quantitative estimate of drug-likeness (QED) is 0.239. The van der Waals surface area contributed by atoms with Crippen LogP contribution in [0.5, 0.6) is 5.75 Å². The molecule has 0 aliphatic carbocycles. The second kappa shape index (κ2) is 12.9. The predicted molar refractivity (Wildman–Crippen MR) is 169 cm³/mol. The molecule has 1 aliphatic rings. The van der Waals surface area contributed by atoms with E-state index >= 15 is 0 Å². The Bertz CT molecular complexity index is 1860. The van der Waals surface area contributed by atoms with Crippen molar-refractivity contribution in [1.29, 1.82) is 5.26 Å². The summed E-state index contributed by atoms with van der Waals surface area (Å²) in [7, 11) is 3.80. The van der Waals surface area contributed by atoms with Crippen molar-refractivity contribution in [2.45, 2.75) is 26.1 Å². The summed E-state index contributed by atoms with van der Waals surface area (Å²) in [5, 5.41) is 17.0. The molecule has 0 bridgehead atoms. The number of aromatic nitrogens is 3. The normalized spacial score (nSPS) is 14.1. The number of hydrogen-bond acceptors (Lipinski definition) is 8. The van der Waals surface area contributed by atoms with Gasteiger partial charge in [-0.1, -0.05) is 31.7 Å². The van der Waals surface area contributed by atoms with E-state index in [1.54, 1.807) is 6.07 Å². The van der Waals surface area contributed by atoms with Crippen LogP contribution in [-0.2, 0) is 4.79 Å². The van der Waals surface area contributed by atoms with Crippen LogP contribution >= 0.6 is 11.8 Å². The van der Waals surface area contributed by atoms with Gasteiger partial charge < -0.3 is 15.0 Å². The number of halogens is 3. The number of amides is 3. The standard InChI is InChI=1S/C31H27F3N8O3S/c1-18(2)24-11-8-22(40(3)4)14-26(24)42-27(43)16-46-30(42)38-29(44)37-25-12-5-19(13-20(25)15-35)28-36-17-41(39-28)21-6-9-23(10-7-21)45-31(32,33)34/h5-14,17-18H,16H2,1-4H3,(H,37,44). The van der Waals surface area contributed by atoms with Gasteiger partial charge in [0.25, 0.3) is 0 Å². The van der Waals surface area contributed by atoms with Crippen LogP contribution in [0.4, 0.5) is 35.0 Å². The lowest BCUT2D eigenvalue weighted by molar-refractivity contribution is -0.274. The molecule has 3 aromatic carbocycles. The maximum Gasteiger partial charge on any atom is 0.573 e. The number of ether oxygens (including phenoxy) is 1. The van der Waals surface area contributed by atoms with E-state index < -0.39 is 12.4 Å². The van der Waals surface area contributed by atoms with Crippen molar-refractivity contribution in [3.63, 3.8) is 0 Å². The van der Waals surface area contributed by atoms with E-state index in [0.29, 0.717) is 16.9 Å². The minimum atomic E-state index is -4.80. The van der Waals surface area contributed by atoms with Gasteiger partial charge in [0.05, 0.1) is 28.4 Å². The fourth-order valence-electron chi connectivity index (χ4n) is 4.61. The maximum atomic E-state index is 13.1. The summed E-state index contributed by atoms with van der Waals surface area (Å²) in [5.41, 5.74) is 3.68. The number of nitrogens with zero attached hydrogens (tertiary/aromatic N) is 7. The summed E-state index contributed by atoms with van der Waals surface area (Å²) in [4.78, 5) is 37.9. The summed E-state index contributed by atoms with van der Waals surface area (Å²) in [6.07, 6.45) is -3.43. The second-order valence-electron chi connectivity index (χ2n) is 10.6. The Morgan fingerprint density at radius 3 is 2.52 bits per heavy atom. The molecule has 4 aromatic rings. The highest BCUT2D eigenvalue weighted by Crippen LogP contribution is 2.36. The highest BCUT2D eigenvalue weighted by molar-refractivity contribution is 8.15. The first-order valence-electron chi connectivity index (χ1n) is 13.8. The molecule has 15 heteroatoms. The van der Waals surface area contributed by atoms with Crippen molar-refractivity contribution in [3.05, 3.63) is 78.1 Å². The molecule has 0 spiro atoms. The van der Waals surface area contributed by atoms with Gasteiger partial charge in [-0.2, -0.15) is 10.3 Å². The monoisotopic (exact) mass is 648 g/mol. The fraction of sp³-hybridized carbons (Fsp3) is 0.226. The smallest absolute Gasteiger partial charge is 0.406 e. The van der Waals surface area contributed by atoms with E-state index in [4.69, 9.17) is 0 Å². The van der Waals surface area contributed by atoms with Crippen LogP contribution in [0.2, 0.25) is 0 Å². The third-order valence-corrected chi connectivity index (χ3v) is 7.75. The van der Waals surface area contributed by atoms with E-state index in [2.05, 4.69) is 25.1 Å². The van der Waals surface area contributed by atoms with E-state index in [1.165, 1.54) is 40.2 Å². The van der Waals surface area contributed by atoms with E-state index in [9.17, 15) is 28.0 Å². The van der Waals surface area contributed by atoms with Gasteiger partial charge in [-0.3, -0.25) is 9.69 Å². The number of aliphatic imine (C=N–C) groups is 1. The second-order valence-corrected chi connectivity index (χ2v) is 11.5. The number of amidine groups is 1. The first kappa shape index (κ1) is 32.0. The van der Waals surface area contributed by atoms with Crippen LogP contribution in [0, 0.1) is 11.3 Å². The molecule has 11 nitrogen and oxygen atoms in total. The minimum absolute atomic E-state index is 0.107. The SMILES string of the molecule is CC(C)c1ccc(N(C)C)cc1N1C(=O)CSC1=NC(=O)Nc1ccc(-c2ncn(-c3ccc(OC(F)(F)F)cc3)n2)cc1C#N. The summed E-state index contributed by atoms with van der Waals surface area (Å²) in [6, 6.07) is 16.8. The van der Waals surface area contributed by atoms with E-state index in [1.807, 2.05) is 57.1 Å². The Morgan fingerprint density at radius 2 is 1.87 bits per heavy atom. The number of urea groups is 1. The molecule has 236 valence electrons. The lowest BCUT2D eigenvalue weighted by Gasteiger charge is -2.24. The molecule has 0 atom stereocenters. The minimum Gasteiger partial charge on any atom is -0.406 e. The predicted octanol–water partition coefficient (Wildman–Crippen LogP) is 6.56. The highest BCUT2D eigenvalue weighted by Gasteiger charge is 2.33. The van der Waals surface area contributed by atoms with Crippen LogP contribution in [0.3, 0.4) is 0 Å². The number of nitriles is 1.